The van der Waals surface area contributed by atoms with Crippen molar-refractivity contribution in [1.82, 2.24) is 15.2 Å². The van der Waals surface area contributed by atoms with Crippen molar-refractivity contribution in [3.05, 3.63) is 106 Å². The Morgan fingerprint density at radius 2 is 1.77 bits per heavy atom. The number of carbonyl (C=O) groups excluding carboxylic acids is 2. The van der Waals surface area contributed by atoms with E-state index in [-0.39, 0.29) is 5.56 Å². The van der Waals surface area contributed by atoms with E-state index in [0.29, 0.717) is 49.0 Å². The second-order valence-electron chi connectivity index (χ2n) is 9.23. The van der Waals surface area contributed by atoms with Gasteiger partial charge in [0.1, 0.15) is 23.2 Å². The van der Waals surface area contributed by atoms with E-state index in [1.807, 2.05) is 50.1 Å². The number of halogens is 3. The molecule has 2 N–H and O–H groups in total. The average molecular weight is 537 g/mol. The van der Waals surface area contributed by atoms with Crippen LogP contribution >= 0.6 is 0 Å². The van der Waals surface area contributed by atoms with Crippen molar-refractivity contribution in [1.29, 1.82) is 0 Å². The number of nitrogens with zero attached hydrogens (tertiary/aromatic N) is 2. The van der Waals surface area contributed by atoms with Crippen LogP contribution in [0.1, 0.15) is 38.5 Å². The fourth-order valence-corrected chi connectivity index (χ4v) is 4.14. The number of hydrogen-bond donors (Lipinski definition) is 2. The smallest absolute Gasteiger partial charge is 0.251 e. The van der Waals surface area contributed by atoms with Crippen molar-refractivity contribution < 1.29 is 27.2 Å². The van der Waals surface area contributed by atoms with Crippen LogP contribution in [0.25, 0.3) is 11.5 Å². The molecule has 0 aliphatic heterocycles. The van der Waals surface area contributed by atoms with Gasteiger partial charge >= 0.3 is 0 Å². The highest BCUT2D eigenvalue weighted by molar-refractivity contribution is 5.96. The van der Waals surface area contributed by atoms with E-state index in [1.54, 1.807) is 12.1 Å². The second kappa shape index (κ2) is 12.0. The Morgan fingerprint density at radius 3 is 2.46 bits per heavy atom. The summed E-state index contributed by atoms with van der Waals surface area (Å²) in [6.45, 7) is 4.26. The average Bonchev–Trinajstić information content (AvgIpc) is 3.24. The summed E-state index contributed by atoms with van der Waals surface area (Å²) < 4.78 is 46.8. The van der Waals surface area contributed by atoms with Crippen molar-refractivity contribution in [2.75, 3.05) is 12.4 Å². The Balaban J connectivity index is 1.45. The summed E-state index contributed by atoms with van der Waals surface area (Å²) >= 11 is 0. The van der Waals surface area contributed by atoms with Crippen LogP contribution in [0.5, 0.6) is 0 Å². The minimum Gasteiger partial charge on any atom is -0.441 e. The molecule has 0 unspecified atom stereocenters. The van der Waals surface area contributed by atoms with Crippen molar-refractivity contribution in [2.45, 2.75) is 33.5 Å². The molecule has 1 heterocycles. The van der Waals surface area contributed by atoms with E-state index in [4.69, 9.17) is 4.42 Å². The van der Waals surface area contributed by atoms with Crippen LogP contribution in [0, 0.1) is 31.3 Å². The lowest BCUT2D eigenvalue weighted by Gasteiger charge is -2.18. The molecule has 0 radical (unpaired) electrons. The van der Waals surface area contributed by atoms with E-state index in [0.717, 1.165) is 22.4 Å². The fourth-order valence-electron chi connectivity index (χ4n) is 4.14. The molecule has 3 aromatic carbocycles. The molecule has 39 heavy (non-hydrogen) atoms. The maximum Gasteiger partial charge on any atom is 0.251 e. The first-order chi connectivity index (χ1) is 18.6. The van der Waals surface area contributed by atoms with Crippen molar-refractivity contribution in [3.8, 4) is 11.5 Å². The molecule has 4 aromatic rings. The molecule has 0 saturated carbocycles. The summed E-state index contributed by atoms with van der Waals surface area (Å²) in [6, 6.07) is 13.7. The monoisotopic (exact) mass is 536 g/mol. The summed E-state index contributed by atoms with van der Waals surface area (Å²) in [6.07, 6.45) is 0.500. The van der Waals surface area contributed by atoms with Gasteiger partial charge in [0.15, 0.2) is 0 Å². The van der Waals surface area contributed by atoms with Crippen LogP contribution in [0.2, 0.25) is 0 Å². The fraction of sp³-hybridized carbons (Fsp3) is 0.207. The molecule has 1 aromatic heterocycles. The maximum atomic E-state index is 13.9. The van der Waals surface area contributed by atoms with Crippen molar-refractivity contribution >= 4 is 18.0 Å². The Hall–Kier alpha value is -4.44. The number of rotatable bonds is 10. The van der Waals surface area contributed by atoms with Gasteiger partial charge in [-0.3, -0.25) is 14.5 Å². The molecule has 0 saturated heterocycles. The molecule has 0 fully saturated rings. The van der Waals surface area contributed by atoms with Gasteiger partial charge in [0, 0.05) is 54.1 Å². The van der Waals surface area contributed by atoms with Gasteiger partial charge in [0.25, 0.3) is 5.91 Å². The minimum absolute atomic E-state index is 0.170. The molecule has 2 amide bonds. The van der Waals surface area contributed by atoms with Gasteiger partial charge in [-0.1, -0.05) is 23.8 Å². The van der Waals surface area contributed by atoms with Gasteiger partial charge in [-0.05, 0) is 50.7 Å². The predicted molar refractivity (Wildman–Crippen MR) is 140 cm³/mol. The van der Waals surface area contributed by atoms with Crippen molar-refractivity contribution in [2.24, 2.45) is 0 Å². The SMILES string of the molecule is Cc1cccc(-c2nc(CN(C)Cc3ccc(C(=O)NCc4c(F)cc(F)cc4F)cc3NC=O)c(C)o2)c1. The number of amides is 2. The molecule has 0 aliphatic carbocycles. The van der Waals surface area contributed by atoms with E-state index in [1.165, 1.54) is 6.07 Å². The summed E-state index contributed by atoms with van der Waals surface area (Å²) in [5.41, 5.74) is 3.62. The molecule has 4 rings (SSSR count). The lowest BCUT2D eigenvalue weighted by molar-refractivity contribution is -0.105. The summed E-state index contributed by atoms with van der Waals surface area (Å²) in [7, 11) is 1.89. The molecule has 0 spiro atoms. The number of aromatic nitrogens is 1. The molecule has 202 valence electrons. The largest absolute Gasteiger partial charge is 0.441 e. The zero-order valence-electron chi connectivity index (χ0n) is 21.6. The number of hydrogen-bond acceptors (Lipinski definition) is 5. The highest BCUT2D eigenvalue weighted by Crippen LogP contribution is 2.25. The van der Waals surface area contributed by atoms with Gasteiger partial charge < -0.3 is 15.1 Å². The van der Waals surface area contributed by atoms with E-state index in [2.05, 4.69) is 15.6 Å². The molecular weight excluding hydrogens is 509 g/mol. The third-order valence-corrected chi connectivity index (χ3v) is 6.14. The van der Waals surface area contributed by atoms with Gasteiger partial charge in [0.2, 0.25) is 12.3 Å². The number of oxazole rings is 1. The Morgan fingerprint density at radius 1 is 1.03 bits per heavy atom. The van der Waals surface area contributed by atoms with Gasteiger partial charge in [0.05, 0.1) is 5.69 Å². The highest BCUT2D eigenvalue weighted by Gasteiger charge is 2.17. The van der Waals surface area contributed by atoms with Crippen LogP contribution in [-0.2, 0) is 24.4 Å². The van der Waals surface area contributed by atoms with Crippen molar-refractivity contribution in [3.63, 3.8) is 0 Å². The third kappa shape index (κ3) is 6.71. The summed E-state index contributed by atoms with van der Waals surface area (Å²) in [4.78, 5) is 30.5. The molecule has 0 atom stereocenters. The molecule has 0 bridgehead atoms. The first kappa shape index (κ1) is 27.6. The first-order valence-electron chi connectivity index (χ1n) is 12.1. The van der Waals surface area contributed by atoms with Crippen LogP contribution in [0.15, 0.2) is 59.0 Å². The standard InChI is InChI=1S/C29H27F3N4O3/c1-17-5-4-6-20(9-17)29-35-27(18(2)39-29)15-36(3)14-21-8-7-19(10-26(21)34-16-37)28(38)33-13-23-24(31)11-22(30)12-25(23)32/h4-12,16H,13-15H2,1-3H3,(H,33,38)(H,34,37). The Kier molecular flexibility index (Phi) is 8.46. The first-order valence-corrected chi connectivity index (χ1v) is 12.1. The quantitative estimate of drug-likeness (QED) is 0.261. The van der Waals surface area contributed by atoms with E-state index < -0.39 is 35.5 Å². The second-order valence-corrected chi connectivity index (χ2v) is 9.23. The maximum absolute atomic E-state index is 13.9. The van der Waals surface area contributed by atoms with Gasteiger partial charge in [-0.25, -0.2) is 18.2 Å². The van der Waals surface area contributed by atoms with Crippen LogP contribution in [-0.4, -0.2) is 29.2 Å². The highest BCUT2D eigenvalue weighted by atomic mass is 19.1. The Labute approximate surface area is 223 Å². The van der Waals surface area contributed by atoms with Crippen LogP contribution in [0.3, 0.4) is 0 Å². The molecule has 0 aliphatic rings. The Bertz CT molecular complexity index is 1500. The van der Waals surface area contributed by atoms with Gasteiger partial charge in [-0.15, -0.1) is 0 Å². The minimum atomic E-state index is -1.09. The number of aryl methyl sites for hydroxylation is 2. The van der Waals surface area contributed by atoms with Gasteiger partial charge in [-0.2, -0.15) is 0 Å². The lowest BCUT2D eigenvalue weighted by atomic mass is 10.1. The number of nitrogens with one attached hydrogen (secondary N) is 2. The number of benzene rings is 3. The zero-order valence-corrected chi connectivity index (χ0v) is 21.6. The lowest BCUT2D eigenvalue weighted by Crippen LogP contribution is -2.24. The zero-order chi connectivity index (χ0) is 28.1. The van der Waals surface area contributed by atoms with E-state index >= 15 is 0 Å². The topological polar surface area (TPSA) is 87.5 Å². The summed E-state index contributed by atoms with van der Waals surface area (Å²) in [5.74, 6) is -2.61. The normalized spacial score (nSPS) is 11.1. The predicted octanol–water partition coefficient (Wildman–Crippen LogP) is 5.51. The van der Waals surface area contributed by atoms with Crippen LogP contribution < -0.4 is 10.6 Å². The molecular formula is C29H27F3N4O3. The number of carbonyl (C=O) groups is 2. The van der Waals surface area contributed by atoms with E-state index in [9.17, 15) is 22.8 Å². The molecule has 10 heteroatoms. The summed E-state index contributed by atoms with van der Waals surface area (Å²) in [5, 5.41) is 5.02. The number of anilines is 1. The third-order valence-electron chi connectivity index (χ3n) is 6.14. The molecule has 7 nitrogen and oxygen atoms in total. The van der Waals surface area contributed by atoms with Crippen LogP contribution in [0.4, 0.5) is 18.9 Å².